The van der Waals surface area contributed by atoms with Crippen LogP contribution in [0.25, 0.3) is 0 Å². The van der Waals surface area contributed by atoms with Gasteiger partial charge in [0.25, 0.3) is 0 Å². The lowest BCUT2D eigenvalue weighted by atomic mass is 10.1. The minimum absolute atomic E-state index is 0.184. The van der Waals surface area contributed by atoms with E-state index in [1.54, 1.807) is 6.08 Å². The van der Waals surface area contributed by atoms with Gasteiger partial charge in [-0.15, -0.1) is 6.58 Å². The first-order chi connectivity index (χ1) is 5.54. The summed E-state index contributed by atoms with van der Waals surface area (Å²) in [4.78, 5) is 10.2. The molecule has 0 aliphatic heterocycles. The maximum absolute atomic E-state index is 10.2. The quantitative estimate of drug-likeness (QED) is 0.390. The van der Waals surface area contributed by atoms with Gasteiger partial charge in [0.1, 0.15) is 0 Å². The molecule has 4 N–H and O–H groups in total. The van der Waals surface area contributed by atoms with Crippen LogP contribution < -0.4 is 11.1 Å². The Balaban J connectivity index is 4.03. The van der Waals surface area contributed by atoms with Crippen LogP contribution in [0.3, 0.4) is 0 Å². The summed E-state index contributed by atoms with van der Waals surface area (Å²) in [6.45, 7) is 6.82. The average molecular weight is 170 g/mol. The fourth-order valence-electron chi connectivity index (χ4n) is 0.707. The number of carbonyl (C=O) groups is 1. The van der Waals surface area contributed by atoms with Gasteiger partial charge in [-0.3, -0.25) is 10.1 Å². The minimum Gasteiger partial charge on any atom is -0.480 e. The third-order valence-corrected chi connectivity index (χ3v) is 1.42. The molecule has 12 heavy (non-hydrogen) atoms. The number of hydrogen-bond donors (Lipinski definition) is 3. The number of nitrogens with two attached hydrogens (primary N) is 1. The zero-order valence-corrected chi connectivity index (χ0v) is 6.92. The second-order valence-electron chi connectivity index (χ2n) is 2.48. The number of hydrogen-bond acceptors (Lipinski definition) is 3. The number of carboxylic acids is 1. The summed E-state index contributed by atoms with van der Waals surface area (Å²) < 4.78 is 0. The molecule has 0 fully saturated rings. The van der Waals surface area contributed by atoms with Crippen molar-refractivity contribution in [2.75, 3.05) is 6.54 Å². The van der Waals surface area contributed by atoms with Crippen molar-refractivity contribution in [3.63, 3.8) is 0 Å². The highest BCUT2D eigenvalue weighted by Crippen LogP contribution is 2.03. The van der Waals surface area contributed by atoms with Gasteiger partial charge in [-0.2, -0.15) is 0 Å². The largest absolute Gasteiger partial charge is 0.480 e. The summed E-state index contributed by atoms with van der Waals surface area (Å²) in [5.74, 6) is -0.948. The monoisotopic (exact) mass is 170 g/mol. The maximum Gasteiger partial charge on any atom is 0.317 e. The van der Waals surface area contributed by atoms with E-state index in [9.17, 15) is 4.79 Å². The van der Waals surface area contributed by atoms with Gasteiger partial charge in [0, 0.05) is 6.42 Å². The van der Waals surface area contributed by atoms with E-state index in [2.05, 4.69) is 18.5 Å². The van der Waals surface area contributed by atoms with Gasteiger partial charge in [-0.05, 0) is 0 Å². The Morgan fingerprint density at radius 2 is 2.25 bits per heavy atom. The highest BCUT2D eigenvalue weighted by molar-refractivity contribution is 5.69. The van der Waals surface area contributed by atoms with Gasteiger partial charge >= 0.3 is 5.97 Å². The predicted octanol–water partition coefficient (Wildman–Crippen LogP) is 0.0777. The molecule has 0 heterocycles. The molecule has 0 spiro atoms. The molecule has 1 unspecified atom stereocenters. The topological polar surface area (TPSA) is 75.3 Å². The van der Waals surface area contributed by atoms with Crippen molar-refractivity contribution in [3.05, 3.63) is 25.3 Å². The van der Waals surface area contributed by atoms with Crippen LogP contribution >= 0.6 is 0 Å². The van der Waals surface area contributed by atoms with Gasteiger partial charge in [0.05, 0.1) is 12.2 Å². The Labute approximate surface area is 71.8 Å². The second kappa shape index (κ2) is 4.69. The van der Waals surface area contributed by atoms with Crippen LogP contribution in [0.1, 0.15) is 6.42 Å². The lowest BCUT2D eigenvalue weighted by Crippen LogP contribution is -2.52. The molecule has 4 nitrogen and oxygen atoms in total. The smallest absolute Gasteiger partial charge is 0.317 e. The minimum atomic E-state index is -0.948. The highest BCUT2D eigenvalue weighted by atomic mass is 16.4. The Hall–Kier alpha value is -1.13. The van der Waals surface area contributed by atoms with Crippen molar-refractivity contribution in [1.29, 1.82) is 0 Å². The van der Waals surface area contributed by atoms with Crippen molar-refractivity contribution < 1.29 is 9.90 Å². The molecule has 4 heteroatoms. The van der Waals surface area contributed by atoms with Crippen molar-refractivity contribution in [2.45, 2.75) is 12.1 Å². The van der Waals surface area contributed by atoms with Gasteiger partial charge in [0.15, 0.2) is 0 Å². The van der Waals surface area contributed by atoms with Crippen LogP contribution in [0, 0.1) is 0 Å². The zero-order chi connectivity index (χ0) is 9.61. The van der Waals surface area contributed by atoms with Crippen molar-refractivity contribution in [2.24, 2.45) is 5.73 Å². The summed E-state index contributed by atoms with van der Waals surface area (Å²) in [5.41, 5.74) is 4.83. The Kier molecular flexibility index (Phi) is 4.25. The standard InChI is InChI=1S/C8H14N2O2/c1-3-5-8(9,4-2)10-6-7(11)12/h3-4,10H,1-2,5-6,9H2,(H,11,12). The van der Waals surface area contributed by atoms with Crippen LogP contribution in [0.4, 0.5) is 0 Å². The fraction of sp³-hybridized carbons (Fsp3) is 0.375. The van der Waals surface area contributed by atoms with E-state index in [4.69, 9.17) is 10.8 Å². The van der Waals surface area contributed by atoms with Crippen molar-refractivity contribution in [1.82, 2.24) is 5.32 Å². The van der Waals surface area contributed by atoms with E-state index in [1.165, 1.54) is 6.08 Å². The Morgan fingerprint density at radius 3 is 2.58 bits per heavy atom. The first kappa shape index (κ1) is 10.9. The number of aliphatic carboxylic acids is 1. The van der Waals surface area contributed by atoms with Crippen LogP contribution in [-0.4, -0.2) is 23.3 Å². The van der Waals surface area contributed by atoms with Gasteiger partial charge in [0.2, 0.25) is 0 Å². The van der Waals surface area contributed by atoms with Crippen LogP contribution in [0.2, 0.25) is 0 Å². The molecule has 1 atom stereocenters. The molecular weight excluding hydrogens is 156 g/mol. The molecule has 0 aromatic heterocycles. The molecule has 0 bridgehead atoms. The fourth-order valence-corrected chi connectivity index (χ4v) is 0.707. The summed E-state index contributed by atoms with van der Waals surface area (Å²) >= 11 is 0. The number of carboxylic acid groups (broad SMARTS) is 1. The predicted molar refractivity (Wildman–Crippen MR) is 47.6 cm³/mol. The van der Waals surface area contributed by atoms with E-state index in [1.807, 2.05) is 0 Å². The number of rotatable bonds is 6. The SMILES string of the molecule is C=CCC(N)(C=C)NCC(=O)O. The summed E-state index contributed by atoms with van der Waals surface area (Å²) in [6.07, 6.45) is 3.53. The first-order valence-electron chi connectivity index (χ1n) is 3.54. The van der Waals surface area contributed by atoms with Crippen LogP contribution in [-0.2, 0) is 4.79 Å². The van der Waals surface area contributed by atoms with Gasteiger partial charge in [-0.1, -0.05) is 18.7 Å². The third-order valence-electron chi connectivity index (χ3n) is 1.42. The lowest BCUT2D eigenvalue weighted by Gasteiger charge is -2.24. The molecule has 0 aliphatic rings. The lowest BCUT2D eigenvalue weighted by molar-refractivity contribution is -0.136. The molecule has 0 saturated carbocycles. The van der Waals surface area contributed by atoms with E-state index < -0.39 is 11.6 Å². The molecule has 0 radical (unpaired) electrons. The maximum atomic E-state index is 10.2. The molecule has 0 aromatic carbocycles. The summed E-state index contributed by atoms with van der Waals surface area (Å²) in [6, 6.07) is 0. The van der Waals surface area contributed by atoms with Crippen molar-refractivity contribution >= 4 is 5.97 Å². The zero-order valence-electron chi connectivity index (χ0n) is 6.92. The number of nitrogens with one attached hydrogen (secondary N) is 1. The average Bonchev–Trinajstić information content (AvgIpc) is 2.02. The van der Waals surface area contributed by atoms with Crippen LogP contribution in [0.5, 0.6) is 0 Å². The summed E-state index contributed by atoms with van der Waals surface area (Å²) in [7, 11) is 0. The van der Waals surface area contributed by atoms with Crippen molar-refractivity contribution in [3.8, 4) is 0 Å². The third kappa shape index (κ3) is 3.90. The van der Waals surface area contributed by atoms with E-state index in [0.717, 1.165) is 0 Å². The second-order valence-corrected chi connectivity index (χ2v) is 2.48. The molecular formula is C8H14N2O2. The molecule has 0 saturated heterocycles. The molecule has 68 valence electrons. The molecule has 0 aliphatic carbocycles. The van der Waals surface area contributed by atoms with Crippen LogP contribution in [0.15, 0.2) is 25.3 Å². The summed E-state index contributed by atoms with van der Waals surface area (Å²) in [5, 5.41) is 11.0. The first-order valence-corrected chi connectivity index (χ1v) is 3.54. The van der Waals surface area contributed by atoms with E-state index in [0.29, 0.717) is 6.42 Å². The Bertz CT molecular complexity index is 191. The van der Waals surface area contributed by atoms with E-state index >= 15 is 0 Å². The normalized spacial score (nSPS) is 14.8. The molecule has 0 rings (SSSR count). The highest BCUT2D eigenvalue weighted by Gasteiger charge is 2.18. The Morgan fingerprint density at radius 1 is 1.67 bits per heavy atom. The van der Waals surface area contributed by atoms with Gasteiger partial charge in [-0.25, -0.2) is 0 Å². The molecule has 0 aromatic rings. The van der Waals surface area contributed by atoms with Gasteiger partial charge < -0.3 is 10.8 Å². The van der Waals surface area contributed by atoms with E-state index in [-0.39, 0.29) is 6.54 Å². The molecule has 0 amide bonds.